The Hall–Kier alpha value is -2.83. The molecule has 0 aliphatic rings. The predicted octanol–water partition coefficient (Wildman–Crippen LogP) is 3.70. The van der Waals surface area contributed by atoms with E-state index in [-0.39, 0.29) is 6.54 Å². The molecule has 128 valence electrons. The van der Waals surface area contributed by atoms with Gasteiger partial charge in [0.15, 0.2) is 0 Å². The monoisotopic (exact) mass is 333 g/mol. The van der Waals surface area contributed by atoms with Crippen molar-refractivity contribution in [1.29, 1.82) is 0 Å². The first-order valence-corrected chi connectivity index (χ1v) is 8.35. The first kappa shape index (κ1) is 18.5. The van der Waals surface area contributed by atoms with Gasteiger partial charge in [-0.1, -0.05) is 67.3 Å². The molecule has 0 bridgehead atoms. The van der Waals surface area contributed by atoms with Crippen LogP contribution in [0.3, 0.4) is 0 Å². The summed E-state index contributed by atoms with van der Waals surface area (Å²) < 4.78 is 0. The molecule has 0 aliphatic carbocycles. The summed E-state index contributed by atoms with van der Waals surface area (Å²) in [7, 11) is 1.78. The van der Waals surface area contributed by atoms with E-state index >= 15 is 0 Å². The van der Waals surface area contributed by atoms with Gasteiger partial charge in [0.1, 0.15) is 0 Å². The van der Waals surface area contributed by atoms with Crippen LogP contribution in [0.25, 0.3) is 5.57 Å². The van der Waals surface area contributed by atoms with Gasteiger partial charge in [0.25, 0.3) is 0 Å². The van der Waals surface area contributed by atoms with Crippen LogP contribution in [0.2, 0.25) is 0 Å². The van der Waals surface area contributed by atoms with Crippen LogP contribution in [0.1, 0.15) is 23.6 Å². The Balaban J connectivity index is 2.23. The zero-order valence-electron chi connectivity index (χ0n) is 14.7. The lowest BCUT2D eigenvalue weighted by atomic mass is 10.0. The van der Waals surface area contributed by atoms with E-state index in [0.29, 0.717) is 6.54 Å². The number of likely N-dealkylation sites (N-methyl/N-ethyl adjacent to an activating group) is 1. The molecule has 0 atom stereocenters. The number of hydrogen-bond acceptors (Lipinski definition) is 2. The van der Waals surface area contributed by atoms with Gasteiger partial charge in [-0.2, -0.15) is 0 Å². The van der Waals surface area contributed by atoms with Crippen LogP contribution >= 0.6 is 0 Å². The zero-order valence-corrected chi connectivity index (χ0v) is 14.7. The largest absolute Gasteiger partial charge is 0.480 e. The molecule has 0 unspecified atom stereocenters. The summed E-state index contributed by atoms with van der Waals surface area (Å²) in [5, 5.41) is 8.87. The van der Waals surface area contributed by atoms with E-state index in [9.17, 15) is 4.79 Å². The van der Waals surface area contributed by atoms with Gasteiger partial charge in [0.05, 0.1) is 6.54 Å². The number of benzene rings is 2. The standard InChI is InChI=1S/C22H23NO2/c1-3-18-9-11-19(12-10-18)13-14-21(20-7-5-4-6-8-20)15-16-23(2)17-22(24)25/h4-12,15H,3,16-17H2,1-2H3,(H,24,25)/b21-15-. The van der Waals surface area contributed by atoms with E-state index in [1.54, 1.807) is 11.9 Å². The Bertz CT molecular complexity index is 780. The second-order valence-electron chi connectivity index (χ2n) is 5.87. The highest BCUT2D eigenvalue weighted by molar-refractivity contribution is 5.79. The smallest absolute Gasteiger partial charge is 0.317 e. The van der Waals surface area contributed by atoms with Crippen molar-refractivity contribution < 1.29 is 9.90 Å². The molecule has 1 N–H and O–H groups in total. The second-order valence-corrected chi connectivity index (χ2v) is 5.87. The highest BCUT2D eigenvalue weighted by Crippen LogP contribution is 2.14. The van der Waals surface area contributed by atoms with Crippen molar-refractivity contribution in [3.8, 4) is 11.8 Å². The predicted molar refractivity (Wildman–Crippen MR) is 102 cm³/mol. The number of carboxylic acids is 1. The molecule has 0 aromatic heterocycles. The average Bonchev–Trinajstić information content (AvgIpc) is 2.62. The molecule has 3 heteroatoms. The number of carboxylic acid groups (broad SMARTS) is 1. The van der Waals surface area contributed by atoms with Crippen LogP contribution in [0.5, 0.6) is 0 Å². The van der Waals surface area contributed by atoms with Crippen LogP contribution < -0.4 is 0 Å². The fourth-order valence-electron chi connectivity index (χ4n) is 2.36. The van der Waals surface area contributed by atoms with E-state index in [0.717, 1.165) is 23.1 Å². The molecule has 0 saturated carbocycles. The third-order valence-corrected chi connectivity index (χ3v) is 3.80. The molecule has 0 aliphatic heterocycles. The van der Waals surface area contributed by atoms with Gasteiger partial charge in [-0.05, 0) is 36.7 Å². The second kappa shape index (κ2) is 9.46. The summed E-state index contributed by atoms with van der Waals surface area (Å²) in [4.78, 5) is 12.5. The van der Waals surface area contributed by atoms with Gasteiger partial charge in [-0.15, -0.1) is 0 Å². The Morgan fingerprint density at radius 3 is 2.40 bits per heavy atom. The summed E-state index contributed by atoms with van der Waals surface area (Å²) in [5.74, 6) is 5.61. The average molecular weight is 333 g/mol. The van der Waals surface area contributed by atoms with E-state index < -0.39 is 5.97 Å². The number of hydrogen-bond donors (Lipinski definition) is 1. The molecular formula is C22H23NO2. The minimum atomic E-state index is -0.834. The van der Waals surface area contributed by atoms with Crippen molar-refractivity contribution in [3.63, 3.8) is 0 Å². The number of aryl methyl sites for hydroxylation is 1. The molecule has 2 aromatic carbocycles. The highest BCUT2D eigenvalue weighted by atomic mass is 16.4. The topological polar surface area (TPSA) is 40.5 Å². The molecule has 0 spiro atoms. The van der Waals surface area contributed by atoms with E-state index in [4.69, 9.17) is 5.11 Å². The third kappa shape index (κ3) is 6.29. The quantitative estimate of drug-likeness (QED) is 0.820. The fraction of sp³-hybridized carbons (Fsp3) is 0.227. The number of aliphatic carboxylic acids is 1. The SMILES string of the molecule is CCc1ccc(C#C/C(=C/CN(C)CC(=O)O)c2ccccc2)cc1. The van der Waals surface area contributed by atoms with Crippen LogP contribution in [0.4, 0.5) is 0 Å². The molecule has 0 fully saturated rings. The molecule has 2 rings (SSSR count). The zero-order chi connectivity index (χ0) is 18.1. The summed E-state index contributed by atoms with van der Waals surface area (Å²) in [6.07, 6.45) is 2.99. The van der Waals surface area contributed by atoms with E-state index in [1.807, 2.05) is 48.5 Å². The van der Waals surface area contributed by atoms with E-state index in [1.165, 1.54) is 5.56 Å². The lowest BCUT2D eigenvalue weighted by Crippen LogP contribution is -2.25. The first-order valence-electron chi connectivity index (χ1n) is 8.35. The summed E-state index contributed by atoms with van der Waals surface area (Å²) in [6, 6.07) is 18.2. The fourth-order valence-corrected chi connectivity index (χ4v) is 2.36. The van der Waals surface area contributed by atoms with Gasteiger partial charge in [-0.25, -0.2) is 0 Å². The minimum absolute atomic E-state index is 0.00444. The molecule has 0 amide bonds. The van der Waals surface area contributed by atoms with Gasteiger partial charge in [0, 0.05) is 17.7 Å². The highest BCUT2D eigenvalue weighted by Gasteiger charge is 2.03. The maximum absolute atomic E-state index is 10.8. The Kier molecular flexibility index (Phi) is 7.00. The van der Waals surface area contributed by atoms with E-state index in [2.05, 4.69) is 30.9 Å². The van der Waals surface area contributed by atoms with Crippen molar-refractivity contribution in [3.05, 3.63) is 77.4 Å². The molecule has 0 heterocycles. The van der Waals surface area contributed by atoms with Crippen molar-refractivity contribution in [2.45, 2.75) is 13.3 Å². The lowest BCUT2D eigenvalue weighted by molar-refractivity contribution is -0.137. The lowest BCUT2D eigenvalue weighted by Gasteiger charge is -2.11. The molecule has 2 aromatic rings. The van der Waals surface area contributed by atoms with Crippen LogP contribution in [0, 0.1) is 11.8 Å². The summed E-state index contributed by atoms with van der Waals surface area (Å²) in [5.41, 5.74) is 4.19. The maximum Gasteiger partial charge on any atom is 0.317 e. The van der Waals surface area contributed by atoms with Crippen LogP contribution in [-0.4, -0.2) is 36.1 Å². The number of nitrogens with zero attached hydrogens (tertiary/aromatic N) is 1. The Morgan fingerprint density at radius 2 is 1.80 bits per heavy atom. The van der Waals surface area contributed by atoms with Crippen molar-refractivity contribution in [2.24, 2.45) is 0 Å². The number of allylic oxidation sites excluding steroid dienone is 1. The molecule has 0 saturated heterocycles. The van der Waals surface area contributed by atoms with Crippen LogP contribution in [0.15, 0.2) is 60.7 Å². The molecule has 3 nitrogen and oxygen atoms in total. The van der Waals surface area contributed by atoms with Crippen molar-refractivity contribution in [1.82, 2.24) is 4.90 Å². The Morgan fingerprint density at radius 1 is 1.12 bits per heavy atom. The maximum atomic E-state index is 10.8. The number of rotatable bonds is 6. The van der Waals surface area contributed by atoms with Crippen molar-refractivity contribution in [2.75, 3.05) is 20.1 Å². The first-order chi connectivity index (χ1) is 12.1. The van der Waals surface area contributed by atoms with Gasteiger partial charge in [0.2, 0.25) is 0 Å². The third-order valence-electron chi connectivity index (χ3n) is 3.80. The van der Waals surface area contributed by atoms with Crippen molar-refractivity contribution >= 4 is 11.5 Å². The number of carbonyl (C=O) groups is 1. The molecule has 0 radical (unpaired) electrons. The molecular weight excluding hydrogens is 310 g/mol. The summed E-state index contributed by atoms with van der Waals surface area (Å²) >= 11 is 0. The van der Waals surface area contributed by atoms with Crippen LogP contribution in [-0.2, 0) is 11.2 Å². The normalized spacial score (nSPS) is 11.1. The Labute approximate surface area is 149 Å². The minimum Gasteiger partial charge on any atom is -0.480 e. The van der Waals surface area contributed by atoms with Gasteiger partial charge >= 0.3 is 5.97 Å². The summed E-state index contributed by atoms with van der Waals surface area (Å²) in [6.45, 7) is 2.66. The molecule has 25 heavy (non-hydrogen) atoms. The van der Waals surface area contributed by atoms with Gasteiger partial charge in [-0.3, -0.25) is 9.69 Å². The van der Waals surface area contributed by atoms with Gasteiger partial charge < -0.3 is 5.11 Å².